The third kappa shape index (κ3) is 3.16. The number of hydrogen-bond acceptors (Lipinski definition) is 3. The summed E-state index contributed by atoms with van der Waals surface area (Å²) in [5.74, 6) is -0.299. The highest BCUT2D eigenvalue weighted by Crippen LogP contribution is 2.23. The second-order valence-electron chi connectivity index (χ2n) is 4.45. The van der Waals surface area contributed by atoms with Gasteiger partial charge in [0.15, 0.2) is 0 Å². The van der Waals surface area contributed by atoms with Crippen LogP contribution in [0.1, 0.15) is 22.3 Å². The van der Waals surface area contributed by atoms with Crippen molar-refractivity contribution >= 4 is 25.6 Å². The summed E-state index contributed by atoms with van der Waals surface area (Å²) < 4.78 is 23.1. The first kappa shape index (κ1) is 14.1. The van der Waals surface area contributed by atoms with Crippen molar-refractivity contribution in [1.82, 2.24) is 4.90 Å². The molecule has 0 radical (unpaired) electrons. The maximum absolute atomic E-state index is 12.4. The molecule has 0 N–H and O–H groups in total. The highest BCUT2D eigenvalue weighted by molar-refractivity contribution is 8.13. The molecule has 0 aliphatic carbocycles. The van der Waals surface area contributed by atoms with Gasteiger partial charge in [0.1, 0.15) is 0 Å². The zero-order chi connectivity index (χ0) is 14.0. The highest BCUT2D eigenvalue weighted by atomic mass is 35.7. The molecule has 0 saturated carbocycles. The van der Waals surface area contributed by atoms with Crippen LogP contribution in [0.25, 0.3) is 0 Å². The fourth-order valence-electron chi connectivity index (χ4n) is 2.02. The van der Waals surface area contributed by atoms with Gasteiger partial charge in [-0.3, -0.25) is 4.79 Å². The normalized spacial score (nSPS) is 15.6. The molecule has 0 unspecified atom stereocenters. The second kappa shape index (κ2) is 5.35. The SMILES string of the molecule is Cc1ccc(S(=O)(=O)Cl)c(C(=O)N2CC=CCC2)c1. The van der Waals surface area contributed by atoms with E-state index in [2.05, 4.69) is 0 Å². The molecular weight excluding hydrogens is 286 g/mol. The van der Waals surface area contributed by atoms with E-state index in [1.165, 1.54) is 6.07 Å². The highest BCUT2D eigenvalue weighted by Gasteiger charge is 2.24. The molecule has 1 aromatic rings. The summed E-state index contributed by atoms with van der Waals surface area (Å²) in [4.78, 5) is 13.9. The van der Waals surface area contributed by atoms with Crippen LogP contribution in [0.3, 0.4) is 0 Å². The summed E-state index contributed by atoms with van der Waals surface area (Å²) in [5, 5.41) is 0. The Hall–Kier alpha value is -1.33. The number of benzene rings is 1. The monoisotopic (exact) mass is 299 g/mol. The van der Waals surface area contributed by atoms with Crippen LogP contribution in [0.4, 0.5) is 0 Å². The standard InChI is InChI=1S/C13H14ClNO3S/c1-10-5-6-12(19(14,17)18)11(9-10)13(16)15-7-3-2-4-8-15/h2-3,5-6,9H,4,7-8H2,1H3. The molecule has 2 rings (SSSR count). The van der Waals surface area contributed by atoms with Crippen molar-refractivity contribution in [1.29, 1.82) is 0 Å². The Morgan fingerprint density at radius 3 is 2.63 bits per heavy atom. The fourth-order valence-corrected chi connectivity index (χ4v) is 3.06. The van der Waals surface area contributed by atoms with Crippen molar-refractivity contribution in [2.45, 2.75) is 18.2 Å². The van der Waals surface area contributed by atoms with Gasteiger partial charge in [0.25, 0.3) is 15.0 Å². The lowest BCUT2D eigenvalue weighted by atomic mass is 10.1. The lowest BCUT2D eigenvalue weighted by Gasteiger charge is -2.24. The topological polar surface area (TPSA) is 54.5 Å². The summed E-state index contributed by atoms with van der Waals surface area (Å²) in [7, 11) is 1.46. The van der Waals surface area contributed by atoms with Crippen molar-refractivity contribution < 1.29 is 13.2 Å². The Bertz CT molecular complexity index is 637. The van der Waals surface area contributed by atoms with E-state index in [-0.39, 0.29) is 16.4 Å². The van der Waals surface area contributed by atoms with Crippen LogP contribution in [-0.2, 0) is 9.05 Å². The molecule has 1 aliphatic heterocycles. The average Bonchev–Trinajstić information content (AvgIpc) is 2.37. The number of rotatable bonds is 2. The number of aryl methyl sites for hydroxylation is 1. The lowest BCUT2D eigenvalue weighted by molar-refractivity contribution is 0.0767. The Labute approximate surface area is 117 Å². The Balaban J connectivity index is 2.46. The minimum atomic E-state index is -3.93. The van der Waals surface area contributed by atoms with Gasteiger partial charge in [0.2, 0.25) is 0 Å². The van der Waals surface area contributed by atoms with Crippen LogP contribution < -0.4 is 0 Å². The molecule has 0 saturated heterocycles. The summed E-state index contributed by atoms with van der Waals surface area (Å²) in [6.45, 7) is 2.89. The van der Waals surface area contributed by atoms with E-state index in [0.717, 1.165) is 12.0 Å². The number of amides is 1. The van der Waals surface area contributed by atoms with Crippen molar-refractivity contribution in [3.05, 3.63) is 41.5 Å². The first-order valence-electron chi connectivity index (χ1n) is 5.89. The maximum Gasteiger partial charge on any atom is 0.262 e. The molecular formula is C13H14ClNO3S. The van der Waals surface area contributed by atoms with Crippen LogP contribution in [0.2, 0.25) is 0 Å². The van der Waals surface area contributed by atoms with Gasteiger partial charge in [0.05, 0.1) is 10.5 Å². The largest absolute Gasteiger partial charge is 0.335 e. The first-order chi connectivity index (χ1) is 8.89. The Morgan fingerprint density at radius 2 is 2.05 bits per heavy atom. The molecule has 1 heterocycles. The molecule has 1 aliphatic rings. The molecule has 1 amide bonds. The van der Waals surface area contributed by atoms with Crippen LogP contribution >= 0.6 is 10.7 Å². The number of carbonyl (C=O) groups is 1. The van der Waals surface area contributed by atoms with E-state index < -0.39 is 9.05 Å². The van der Waals surface area contributed by atoms with Crippen LogP contribution in [0.15, 0.2) is 35.2 Å². The smallest absolute Gasteiger partial charge is 0.262 e. The third-order valence-corrected chi connectivity index (χ3v) is 4.35. The number of hydrogen-bond donors (Lipinski definition) is 0. The Kier molecular flexibility index (Phi) is 3.96. The van der Waals surface area contributed by atoms with E-state index in [9.17, 15) is 13.2 Å². The van der Waals surface area contributed by atoms with Gasteiger partial charge in [-0.1, -0.05) is 23.8 Å². The van der Waals surface area contributed by atoms with Gasteiger partial charge in [-0.25, -0.2) is 8.42 Å². The zero-order valence-corrected chi connectivity index (χ0v) is 12.0. The van der Waals surface area contributed by atoms with Gasteiger partial charge >= 0.3 is 0 Å². The van der Waals surface area contributed by atoms with Gasteiger partial charge in [-0.05, 0) is 25.5 Å². The predicted molar refractivity (Wildman–Crippen MR) is 73.9 cm³/mol. The average molecular weight is 300 g/mol. The van der Waals surface area contributed by atoms with E-state index in [1.807, 2.05) is 12.2 Å². The second-order valence-corrected chi connectivity index (χ2v) is 6.98. The van der Waals surface area contributed by atoms with Gasteiger partial charge in [-0.15, -0.1) is 0 Å². The number of nitrogens with zero attached hydrogens (tertiary/aromatic N) is 1. The van der Waals surface area contributed by atoms with E-state index >= 15 is 0 Å². The molecule has 1 aromatic carbocycles. The Morgan fingerprint density at radius 1 is 1.32 bits per heavy atom. The molecule has 19 heavy (non-hydrogen) atoms. The summed E-state index contributed by atoms with van der Waals surface area (Å²) in [6, 6.07) is 4.57. The summed E-state index contributed by atoms with van der Waals surface area (Å²) in [6.07, 6.45) is 4.67. The van der Waals surface area contributed by atoms with Crippen LogP contribution in [-0.4, -0.2) is 32.3 Å². The van der Waals surface area contributed by atoms with Gasteiger partial charge in [-0.2, -0.15) is 0 Å². The van der Waals surface area contributed by atoms with E-state index in [0.29, 0.717) is 13.1 Å². The first-order valence-corrected chi connectivity index (χ1v) is 8.20. The quantitative estimate of drug-likeness (QED) is 0.622. The summed E-state index contributed by atoms with van der Waals surface area (Å²) >= 11 is 0. The maximum atomic E-state index is 12.4. The van der Waals surface area contributed by atoms with Crippen molar-refractivity contribution in [3.63, 3.8) is 0 Å². The van der Waals surface area contributed by atoms with Crippen molar-refractivity contribution in [2.24, 2.45) is 0 Å². The number of halogens is 1. The minimum absolute atomic E-state index is 0.126. The third-order valence-electron chi connectivity index (χ3n) is 2.97. The van der Waals surface area contributed by atoms with Crippen molar-refractivity contribution in [2.75, 3.05) is 13.1 Å². The van der Waals surface area contributed by atoms with Crippen LogP contribution in [0, 0.1) is 6.92 Å². The number of carbonyl (C=O) groups excluding carboxylic acids is 1. The molecule has 0 fully saturated rings. The van der Waals surface area contributed by atoms with Crippen molar-refractivity contribution in [3.8, 4) is 0 Å². The summed E-state index contributed by atoms with van der Waals surface area (Å²) in [5.41, 5.74) is 0.963. The molecule has 4 nitrogen and oxygen atoms in total. The molecule has 102 valence electrons. The lowest BCUT2D eigenvalue weighted by Crippen LogP contribution is -2.34. The molecule has 0 atom stereocenters. The van der Waals surface area contributed by atoms with Gasteiger partial charge in [0, 0.05) is 23.8 Å². The van der Waals surface area contributed by atoms with Crippen LogP contribution in [0.5, 0.6) is 0 Å². The minimum Gasteiger partial charge on any atom is -0.335 e. The molecule has 0 bridgehead atoms. The molecule has 0 aromatic heterocycles. The zero-order valence-electron chi connectivity index (χ0n) is 10.5. The van der Waals surface area contributed by atoms with E-state index in [4.69, 9.17) is 10.7 Å². The van der Waals surface area contributed by atoms with Gasteiger partial charge < -0.3 is 4.90 Å². The van der Waals surface area contributed by atoms with E-state index in [1.54, 1.807) is 24.0 Å². The fraction of sp³-hybridized carbons (Fsp3) is 0.308. The molecule has 0 spiro atoms. The predicted octanol–water partition coefficient (Wildman–Crippen LogP) is 2.32. The molecule has 6 heteroatoms.